The molecule has 2 heteroatoms. The van der Waals surface area contributed by atoms with Gasteiger partial charge < -0.3 is 0 Å². The highest BCUT2D eigenvalue weighted by Gasteiger charge is 2.11. The summed E-state index contributed by atoms with van der Waals surface area (Å²) < 4.78 is 0. The lowest BCUT2D eigenvalue weighted by Gasteiger charge is -2.14. The van der Waals surface area contributed by atoms with E-state index in [1.54, 1.807) is 0 Å². The Hall–Kier alpha value is -2.42. The van der Waals surface area contributed by atoms with E-state index in [9.17, 15) is 0 Å². The first-order chi connectivity index (χ1) is 14.8. The van der Waals surface area contributed by atoms with Gasteiger partial charge in [0.15, 0.2) is 0 Å². The lowest BCUT2D eigenvalue weighted by Crippen LogP contribution is -1.88. The SMILES string of the molecule is CCc1ccc(SSc2ccc(CC)cc2-c2ccccc2)c(-c2ccccc2)c1. The molecule has 0 atom stereocenters. The predicted molar refractivity (Wildman–Crippen MR) is 134 cm³/mol. The van der Waals surface area contributed by atoms with Crippen molar-refractivity contribution >= 4 is 21.6 Å². The van der Waals surface area contributed by atoms with E-state index in [-0.39, 0.29) is 0 Å². The molecule has 4 aromatic rings. The summed E-state index contributed by atoms with van der Waals surface area (Å²) in [4.78, 5) is 2.61. The standard InChI is InChI=1S/C28H26S2/c1-3-21-15-17-27(25(19-21)23-11-7-5-8-12-23)29-30-28-18-16-22(4-2)20-26(28)24-13-9-6-10-14-24/h5-20H,3-4H2,1-2H3. The first kappa shape index (κ1) is 20.8. The summed E-state index contributed by atoms with van der Waals surface area (Å²) in [6.07, 6.45) is 2.10. The maximum Gasteiger partial charge on any atom is 0.0264 e. The van der Waals surface area contributed by atoms with Gasteiger partial charge in [-0.1, -0.05) is 120 Å². The largest absolute Gasteiger partial charge is 0.0622 e. The summed E-state index contributed by atoms with van der Waals surface area (Å²) in [5.74, 6) is 0. The third kappa shape index (κ3) is 4.83. The Morgan fingerprint density at radius 1 is 0.500 bits per heavy atom. The molecule has 0 saturated carbocycles. The van der Waals surface area contributed by atoms with Gasteiger partial charge in [0.25, 0.3) is 0 Å². The van der Waals surface area contributed by atoms with Gasteiger partial charge in [-0.25, -0.2) is 0 Å². The van der Waals surface area contributed by atoms with Crippen molar-refractivity contribution in [3.63, 3.8) is 0 Å². The van der Waals surface area contributed by atoms with E-state index in [4.69, 9.17) is 0 Å². The van der Waals surface area contributed by atoms with Crippen molar-refractivity contribution in [3.8, 4) is 22.3 Å². The molecule has 150 valence electrons. The molecule has 0 heterocycles. The molecule has 0 N–H and O–H groups in total. The Morgan fingerprint density at radius 2 is 0.900 bits per heavy atom. The molecule has 0 nitrogen and oxygen atoms in total. The Morgan fingerprint density at radius 3 is 1.27 bits per heavy atom. The molecular weight excluding hydrogens is 400 g/mol. The zero-order valence-corrected chi connectivity index (χ0v) is 19.1. The smallest absolute Gasteiger partial charge is 0.0264 e. The van der Waals surface area contributed by atoms with Crippen LogP contribution in [-0.4, -0.2) is 0 Å². The van der Waals surface area contributed by atoms with E-state index in [1.807, 2.05) is 21.6 Å². The van der Waals surface area contributed by atoms with Gasteiger partial charge in [-0.2, -0.15) is 0 Å². The molecule has 0 unspecified atom stereocenters. The normalized spacial score (nSPS) is 10.9. The molecule has 4 aromatic carbocycles. The minimum Gasteiger partial charge on any atom is -0.0622 e. The van der Waals surface area contributed by atoms with Crippen LogP contribution in [0.3, 0.4) is 0 Å². The first-order valence-electron chi connectivity index (χ1n) is 10.5. The predicted octanol–water partition coefficient (Wildman–Crippen LogP) is 8.94. The average Bonchev–Trinajstić information content (AvgIpc) is 2.83. The number of aryl methyl sites for hydroxylation is 2. The molecular formula is C28H26S2. The second-order valence-corrected chi connectivity index (χ2v) is 9.48. The van der Waals surface area contributed by atoms with Crippen LogP contribution in [0.2, 0.25) is 0 Å². The van der Waals surface area contributed by atoms with Gasteiger partial charge in [-0.3, -0.25) is 0 Å². The Balaban J connectivity index is 1.68. The Labute approximate surface area is 188 Å². The molecule has 0 aliphatic heterocycles. The van der Waals surface area contributed by atoms with Gasteiger partial charge in [-0.05, 0) is 58.4 Å². The van der Waals surface area contributed by atoms with Gasteiger partial charge in [-0.15, -0.1) is 0 Å². The fourth-order valence-electron chi connectivity index (χ4n) is 3.52. The van der Waals surface area contributed by atoms with Crippen molar-refractivity contribution in [1.29, 1.82) is 0 Å². The minimum atomic E-state index is 1.05. The zero-order chi connectivity index (χ0) is 20.8. The highest BCUT2D eigenvalue weighted by atomic mass is 33.1. The number of hydrogen-bond acceptors (Lipinski definition) is 2. The van der Waals surface area contributed by atoms with Crippen molar-refractivity contribution in [2.45, 2.75) is 36.5 Å². The molecule has 0 saturated heterocycles. The van der Waals surface area contributed by atoms with Crippen molar-refractivity contribution in [1.82, 2.24) is 0 Å². The minimum absolute atomic E-state index is 1.05. The van der Waals surface area contributed by atoms with Crippen molar-refractivity contribution < 1.29 is 0 Å². The summed E-state index contributed by atoms with van der Waals surface area (Å²) in [7, 11) is 3.71. The fourth-order valence-corrected chi connectivity index (χ4v) is 5.89. The molecule has 0 bridgehead atoms. The molecule has 0 radical (unpaired) electrons. The third-order valence-corrected chi connectivity index (χ3v) is 7.78. The van der Waals surface area contributed by atoms with E-state index in [0.29, 0.717) is 0 Å². The summed E-state index contributed by atoms with van der Waals surface area (Å²) in [6, 6.07) is 35.2. The van der Waals surface area contributed by atoms with Crippen LogP contribution in [-0.2, 0) is 12.8 Å². The average molecular weight is 427 g/mol. The molecule has 0 amide bonds. The van der Waals surface area contributed by atoms with Crippen LogP contribution in [0.15, 0.2) is 107 Å². The molecule has 30 heavy (non-hydrogen) atoms. The van der Waals surface area contributed by atoms with Crippen LogP contribution in [0.25, 0.3) is 22.3 Å². The van der Waals surface area contributed by atoms with Crippen molar-refractivity contribution in [3.05, 3.63) is 108 Å². The van der Waals surface area contributed by atoms with Gasteiger partial charge in [0.2, 0.25) is 0 Å². The first-order valence-corrected chi connectivity index (χ1v) is 12.6. The maximum atomic E-state index is 2.34. The van der Waals surface area contributed by atoms with E-state index in [0.717, 1.165) is 12.8 Å². The molecule has 0 fully saturated rings. The van der Waals surface area contributed by atoms with Crippen LogP contribution in [0.1, 0.15) is 25.0 Å². The molecule has 4 rings (SSSR count). The summed E-state index contributed by atoms with van der Waals surface area (Å²) >= 11 is 0. The molecule has 0 aliphatic rings. The maximum absolute atomic E-state index is 2.34. The van der Waals surface area contributed by atoms with Crippen LogP contribution in [0.4, 0.5) is 0 Å². The van der Waals surface area contributed by atoms with Gasteiger partial charge in [0.1, 0.15) is 0 Å². The molecule has 0 aromatic heterocycles. The van der Waals surface area contributed by atoms with E-state index in [1.165, 1.54) is 43.2 Å². The van der Waals surface area contributed by atoms with E-state index >= 15 is 0 Å². The number of benzene rings is 4. The fraction of sp³-hybridized carbons (Fsp3) is 0.143. The lowest BCUT2D eigenvalue weighted by atomic mass is 10.0. The topological polar surface area (TPSA) is 0 Å². The highest BCUT2D eigenvalue weighted by Crippen LogP contribution is 2.45. The Kier molecular flexibility index (Phi) is 6.99. The summed E-state index contributed by atoms with van der Waals surface area (Å²) in [5.41, 5.74) is 7.94. The quantitative estimate of drug-likeness (QED) is 0.270. The highest BCUT2D eigenvalue weighted by molar-refractivity contribution is 8.76. The number of rotatable bonds is 7. The van der Waals surface area contributed by atoms with Crippen molar-refractivity contribution in [2.24, 2.45) is 0 Å². The van der Waals surface area contributed by atoms with Gasteiger partial charge in [0.05, 0.1) is 0 Å². The van der Waals surface area contributed by atoms with Crippen molar-refractivity contribution in [2.75, 3.05) is 0 Å². The Bertz CT molecular complexity index is 1010. The zero-order valence-electron chi connectivity index (χ0n) is 17.5. The molecule has 0 spiro atoms. The van der Waals surface area contributed by atoms with Crippen LogP contribution < -0.4 is 0 Å². The van der Waals surface area contributed by atoms with E-state index < -0.39 is 0 Å². The third-order valence-electron chi connectivity index (χ3n) is 5.30. The number of hydrogen-bond donors (Lipinski definition) is 0. The van der Waals surface area contributed by atoms with E-state index in [2.05, 4.69) is 111 Å². The monoisotopic (exact) mass is 426 g/mol. The van der Waals surface area contributed by atoms with Gasteiger partial charge in [0, 0.05) is 9.79 Å². The van der Waals surface area contributed by atoms with Gasteiger partial charge >= 0.3 is 0 Å². The van der Waals surface area contributed by atoms with Crippen LogP contribution in [0, 0.1) is 0 Å². The van der Waals surface area contributed by atoms with Crippen LogP contribution >= 0.6 is 21.6 Å². The van der Waals surface area contributed by atoms with Crippen LogP contribution in [0.5, 0.6) is 0 Å². The second kappa shape index (κ2) is 10.1. The summed E-state index contributed by atoms with van der Waals surface area (Å²) in [6.45, 7) is 4.43. The summed E-state index contributed by atoms with van der Waals surface area (Å²) in [5, 5.41) is 0. The lowest BCUT2D eigenvalue weighted by molar-refractivity contribution is 1.13. The molecule has 0 aliphatic carbocycles. The second-order valence-electron chi connectivity index (χ2n) is 7.27.